The molecule has 0 saturated carbocycles. The Hall–Kier alpha value is -2.04. The number of carbonyl (C=O) groups is 1. The van der Waals surface area contributed by atoms with Crippen molar-refractivity contribution in [1.82, 2.24) is 14.9 Å². The summed E-state index contributed by atoms with van der Waals surface area (Å²) in [6.45, 7) is -1.68. The van der Waals surface area contributed by atoms with Gasteiger partial charge in [-0.1, -0.05) is 0 Å². The van der Waals surface area contributed by atoms with E-state index in [9.17, 15) is 14.9 Å². The Morgan fingerprint density at radius 2 is 2.00 bits per heavy atom. The van der Waals surface area contributed by atoms with Crippen LogP contribution in [-0.2, 0) is 11.3 Å². The van der Waals surface area contributed by atoms with Gasteiger partial charge in [0.15, 0.2) is 0 Å². The van der Waals surface area contributed by atoms with Crippen LogP contribution in [0.4, 0.5) is 5.82 Å². The lowest BCUT2D eigenvalue weighted by atomic mass is 10.0. The van der Waals surface area contributed by atoms with E-state index in [1.54, 1.807) is 0 Å². The average molecular weight is 288 g/mol. The molecule has 112 valence electrons. The van der Waals surface area contributed by atoms with Gasteiger partial charge in [-0.2, -0.15) is 0 Å². The van der Waals surface area contributed by atoms with Crippen LogP contribution < -0.4 is 5.32 Å². The van der Waals surface area contributed by atoms with Crippen molar-refractivity contribution in [2.24, 2.45) is 0 Å². The Labute approximate surface area is 113 Å². The predicted octanol–water partition coefficient (Wildman–Crippen LogP) is -1.99. The van der Waals surface area contributed by atoms with Gasteiger partial charge >= 0.3 is 5.82 Å². The average Bonchev–Trinajstić information content (AvgIpc) is 2.92. The number of nitrogens with one attached hydrogen (secondary N) is 1. The van der Waals surface area contributed by atoms with Gasteiger partial charge < -0.3 is 35.3 Å². The Morgan fingerprint density at radius 1 is 1.40 bits per heavy atom. The van der Waals surface area contributed by atoms with Gasteiger partial charge in [0.25, 0.3) is 0 Å². The van der Waals surface area contributed by atoms with Crippen molar-refractivity contribution in [1.29, 1.82) is 0 Å². The molecule has 4 N–H and O–H groups in total. The Bertz CT molecular complexity index is 462. The number of aliphatic hydroxyl groups excluding tert-OH is 3. The van der Waals surface area contributed by atoms with E-state index < -0.39 is 36.2 Å². The van der Waals surface area contributed by atoms with Gasteiger partial charge in [-0.25, -0.2) is 0 Å². The van der Waals surface area contributed by atoms with Crippen molar-refractivity contribution in [3.63, 3.8) is 0 Å². The largest absolute Gasteiger partial charge is 0.394 e. The molecule has 0 aliphatic carbocycles. The Morgan fingerprint density at radius 3 is 2.45 bits per heavy atom. The third-order valence-corrected chi connectivity index (χ3v) is 2.72. The molecule has 0 fully saturated rings. The van der Waals surface area contributed by atoms with Crippen LogP contribution in [0.1, 0.15) is 6.42 Å². The quantitative estimate of drug-likeness (QED) is 0.319. The number of carbonyl (C=O) groups excluding carboxylic acids is 1. The molecule has 1 aromatic heterocycles. The van der Waals surface area contributed by atoms with Crippen LogP contribution in [0.15, 0.2) is 12.5 Å². The maximum Gasteiger partial charge on any atom is 0.381 e. The fourth-order valence-corrected chi connectivity index (χ4v) is 1.42. The van der Waals surface area contributed by atoms with Crippen molar-refractivity contribution < 1.29 is 25.0 Å². The lowest BCUT2D eigenvalue weighted by molar-refractivity contribution is -0.389. The maximum atomic E-state index is 11.6. The number of aliphatic hydroxyl groups is 3. The minimum atomic E-state index is -1.47. The summed E-state index contributed by atoms with van der Waals surface area (Å²) in [5, 5.41) is 39.9. The number of hydrogen-bond acceptors (Lipinski definition) is 7. The number of nitro groups is 1. The number of amides is 1. The molecule has 0 radical (unpaired) electrons. The molecule has 1 aromatic rings. The van der Waals surface area contributed by atoms with Gasteiger partial charge in [0.1, 0.15) is 11.7 Å². The van der Waals surface area contributed by atoms with Gasteiger partial charge in [-0.3, -0.25) is 4.79 Å². The topological polar surface area (TPSA) is 151 Å². The molecule has 10 heteroatoms. The first-order chi connectivity index (χ1) is 9.46. The summed E-state index contributed by atoms with van der Waals surface area (Å²) in [6.07, 6.45) is 2.36. The maximum absolute atomic E-state index is 11.6. The van der Waals surface area contributed by atoms with Crippen molar-refractivity contribution in [2.45, 2.75) is 18.5 Å². The molecule has 0 aromatic carbocycles. The van der Waals surface area contributed by atoms with Crippen LogP contribution in [0.3, 0.4) is 0 Å². The van der Waals surface area contributed by atoms with Gasteiger partial charge in [-0.05, 0) is 9.91 Å². The first kappa shape index (κ1) is 16.0. The number of rotatable bonds is 8. The van der Waals surface area contributed by atoms with E-state index in [-0.39, 0.29) is 18.8 Å². The predicted molar refractivity (Wildman–Crippen MR) is 65.6 cm³/mol. The Balaban J connectivity index is 2.52. The summed E-state index contributed by atoms with van der Waals surface area (Å²) in [5.74, 6) is -0.834. The third-order valence-electron chi connectivity index (χ3n) is 2.72. The fourth-order valence-electron chi connectivity index (χ4n) is 1.42. The van der Waals surface area contributed by atoms with Crippen LogP contribution in [0.25, 0.3) is 0 Å². The molecular weight excluding hydrogens is 272 g/mol. The fraction of sp³-hybridized carbons (Fsp3) is 0.600. The highest BCUT2D eigenvalue weighted by Crippen LogP contribution is 2.07. The molecule has 20 heavy (non-hydrogen) atoms. The van der Waals surface area contributed by atoms with Crippen molar-refractivity contribution >= 4 is 11.7 Å². The zero-order valence-electron chi connectivity index (χ0n) is 10.6. The summed E-state index contributed by atoms with van der Waals surface area (Å²) in [5.41, 5.74) is -1.47. The second kappa shape index (κ2) is 6.93. The number of imidazole rings is 1. The van der Waals surface area contributed by atoms with E-state index in [2.05, 4.69) is 10.3 Å². The second-order valence-electron chi connectivity index (χ2n) is 4.28. The zero-order valence-corrected chi connectivity index (χ0v) is 10.6. The molecular formula is C10H16N4O6. The highest BCUT2D eigenvalue weighted by Gasteiger charge is 2.29. The number of aromatic nitrogens is 2. The van der Waals surface area contributed by atoms with E-state index in [1.807, 2.05) is 0 Å². The smallest absolute Gasteiger partial charge is 0.381 e. The van der Waals surface area contributed by atoms with Crippen LogP contribution in [0, 0.1) is 10.1 Å². The second-order valence-corrected chi connectivity index (χ2v) is 4.28. The van der Waals surface area contributed by atoms with Gasteiger partial charge in [0, 0.05) is 13.0 Å². The third kappa shape index (κ3) is 3.98. The molecule has 1 amide bonds. The molecule has 1 rings (SSSR count). The summed E-state index contributed by atoms with van der Waals surface area (Å²) in [7, 11) is 0. The molecule has 0 spiro atoms. The minimum absolute atomic E-state index is 0.0464. The number of hydrogen-bond donors (Lipinski definition) is 4. The molecule has 0 unspecified atom stereocenters. The first-order valence-corrected chi connectivity index (χ1v) is 5.76. The van der Waals surface area contributed by atoms with Crippen molar-refractivity contribution in [3.8, 4) is 0 Å². The lowest BCUT2D eigenvalue weighted by Gasteiger charge is -2.28. The molecule has 10 nitrogen and oxygen atoms in total. The Kier molecular flexibility index (Phi) is 5.55. The standard InChI is InChI=1S/C10H16N4O6/c15-4-10(5-16,6-17)12-9(18)1-2-13-3-8(11-7-13)14(19)20/h3,7,15-17H,1-2,4-6H2,(H,12,18). The number of aryl methyl sites for hydroxylation is 1. The lowest BCUT2D eigenvalue weighted by Crippen LogP contribution is -2.57. The van der Waals surface area contributed by atoms with Crippen LogP contribution >= 0.6 is 0 Å². The van der Waals surface area contributed by atoms with Gasteiger partial charge in [0.2, 0.25) is 12.2 Å². The highest BCUT2D eigenvalue weighted by molar-refractivity contribution is 5.76. The summed E-state index contributed by atoms with van der Waals surface area (Å²) in [6, 6.07) is 0. The van der Waals surface area contributed by atoms with Crippen molar-refractivity contribution in [3.05, 3.63) is 22.6 Å². The van der Waals surface area contributed by atoms with E-state index >= 15 is 0 Å². The van der Waals surface area contributed by atoms with E-state index in [0.717, 1.165) is 0 Å². The minimum Gasteiger partial charge on any atom is -0.394 e. The highest BCUT2D eigenvalue weighted by atomic mass is 16.6. The molecule has 0 atom stereocenters. The van der Waals surface area contributed by atoms with Crippen LogP contribution in [0.5, 0.6) is 0 Å². The summed E-state index contributed by atoms with van der Waals surface area (Å²) in [4.78, 5) is 24.9. The van der Waals surface area contributed by atoms with Crippen LogP contribution in [0.2, 0.25) is 0 Å². The monoisotopic (exact) mass is 288 g/mol. The first-order valence-electron chi connectivity index (χ1n) is 5.76. The molecule has 0 aliphatic rings. The van der Waals surface area contributed by atoms with Crippen molar-refractivity contribution in [2.75, 3.05) is 19.8 Å². The van der Waals surface area contributed by atoms with E-state index in [0.29, 0.717) is 0 Å². The molecule has 0 aliphatic heterocycles. The number of nitrogens with zero attached hydrogens (tertiary/aromatic N) is 3. The van der Waals surface area contributed by atoms with E-state index in [4.69, 9.17) is 15.3 Å². The normalized spacial score (nSPS) is 11.3. The molecule has 0 saturated heterocycles. The van der Waals surface area contributed by atoms with Gasteiger partial charge in [-0.15, -0.1) is 0 Å². The van der Waals surface area contributed by atoms with Gasteiger partial charge in [0.05, 0.1) is 19.8 Å². The van der Waals surface area contributed by atoms with Crippen LogP contribution in [-0.4, -0.2) is 61.1 Å². The molecule has 0 bridgehead atoms. The summed E-state index contributed by atoms with van der Waals surface area (Å²) >= 11 is 0. The zero-order chi connectivity index (χ0) is 15.2. The van der Waals surface area contributed by atoms with E-state index in [1.165, 1.54) is 17.1 Å². The molecule has 1 heterocycles. The summed E-state index contributed by atoms with van der Waals surface area (Å²) < 4.78 is 1.37. The SMILES string of the molecule is O=C(CCn1cnc([N+](=O)[O-])c1)NC(CO)(CO)CO.